The smallest absolute Gasteiger partial charge is 0.293 e. The van der Waals surface area contributed by atoms with E-state index in [2.05, 4.69) is 4.98 Å². The average molecular weight is 265 g/mol. The fourth-order valence-corrected chi connectivity index (χ4v) is 2.10. The summed E-state index contributed by atoms with van der Waals surface area (Å²) in [4.78, 5) is 18.3. The number of hydrogen-bond acceptors (Lipinski definition) is 5. The zero-order valence-electron chi connectivity index (χ0n) is 11.0. The van der Waals surface area contributed by atoms with E-state index in [0.717, 1.165) is 6.42 Å². The summed E-state index contributed by atoms with van der Waals surface area (Å²) in [5.74, 6) is 0.389. The van der Waals surface area contributed by atoms with Crippen LogP contribution < -0.4 is 16.2 Å². The summed E-state index contributed by atoms with van der Waals surface area (Å²) < 4.78 is 7.03. The van der Waals surface area contributed by atoms with E-state index in [-0.39, 0.29) is 11.4 Å². The second-order valence-electron chi connectivity index (χ2n) is 4.51. The van der Waals surface area contributed by atoms with E-state index in [1.165, 1.54) is 0 Å². The molecule has 1 atom stereocenters. The first-order valence-electron chi connectivity index (χ1n) is 6.39. The zero-order chi connectivity index (χ0) is 13.8. The number of aryl methyl sites for hydroxylation is 1. The number of anilines is 1. The molecule has 0 bridgehead atoms. The highest BCUT2D eigenvalue weighted by Crippen LogP contribution is 2.11. The number of amidine groups is 1. The lowest BCUT2D eigenvalue weighted by atomic mass is 10.2. The average Bonchev–Trinajstić information content (AvgIpc) is 2.41. The van der Waals surface area contributed by atoms with Gasteiger partial charge in [0.15, 0.2) is 5.82 Å². The second-order valence-corrected chi connectivity index (χ2v) is 4.51. The normalized spacial score (nSPS) is 19.4. The van der Waals surface area contributed by atoms with Crippen molar-refractivity contribution in [1.29, 1.82) is 5.41 Å². The molecule has 2 heterocycles. The first kappa shape index (κ1) is 13.5. The highest BCUT2D eigenvalue weighted by atomic mass is 16.5. The van der Waals surface area contributed by atoms with Gasteiger partial charge in [0.05, 0.1) is 13.2 Å². The van der Waals surface area contributed by atoms with Gasteiger partial charge in [-0.2, -0.15) is 0 Å². The molecule has 1 saturated heterocycles. The number of hydrogen-bond donors (Lipinski definition) is 2. The monoisotopic (exact) mass is 265 g/mol. The van der Waals surface area contributed by atoms with Gasteiger partial charge < -0.3 is 19.9 Å². The van der Waals surface area contributed by atoms with Gasteiger partial charge in [0, 0.05) is 25.5 Å². The van der Waals surface area contributed by atoms with Crippen LogP contribution in [0.1, 0.15) is 13.3 Å². The minimum atomic E-state index is -0.463. The third kappa shape index (κ3) is 2.93. The van der Waals surface area contributed by atoms with Crippen LogP contribution in [0.3, 0.4) is 0 Å². The van der Waals surface area contributed by atoms with Crippen molar-refractivity contribution < 1.29 is 4.74 Å². The summed E-state index contributed by atoms with van der Waals surface area (Å²) in [7, 11) is 0. The van der Waals surface area contributed by atoms with Crippen molar-refractivity contribution in [3.05, 3.63) is 22.7 Å². The van der Waals surface area contributed by atoms with E-state index in [9.17, 15) is 4.79 Å². The van der Waals surface area contributed by atoms with Crippen LogP contribution in [0.15, 0.2) is 17.2 Å². The third-order valence-corrected chi connectivity index (χ3v) is 3.07. The summed E-state index contributed by atoms with van der Waals surface area (Å²) in [6, 6.07) is 0. The van der Waals surface area contributed by atoms with Crippen LogP contribution in [-0.4, -0.2) is 41.2 Å². The van der Waals surface area contributed by atoms with Crippen molar-refractivity contribution in [2.75, 3.05) is 24.6 Å². The molecule has 1 aliphatic heterocycles. The first-order valence-corrected chi connectivity index (χ1v) is 6.39. The number of morpholine rings is 1. The Hall–Kier alpha value is -1.89. The highest BCUT2D eigenvalue weighted by Gasteiger charge is 2.25. The van der Waals surface area contributed by atoms with Crippen molar-refractivity contribution in [3.8, 4) is 0 Å². The van der Waals surface area contributed by atoms with Gasteiger partial charge >= 0.3 is 0 Å². The number of aromatic nitrogens is 2. The van der Waals surface area contributed by atoms with Gasteiger partial charge in [0.2, 0.25) is 0 Å². The molecule has 1 fully saturated rings. The van der Waals surface area contributed by atoms with Gasteiger partial charge in [0.25, 0.3) is 5.56 Å². The maximum Gasteiger partial charge on any atom is 0.293 e. The minimum absolute atomic E-state index is 0.0190. The van der Waals surface area contributed by atoms with Crippen molar-refractivity contribution in [2.24, 2.45) is 5.73 Å². The molecule has 1 aromatic rings. The number of nitrogens with zero attached hydrogens (tertiary/aromatic N) is 3. The molecule has 3 N–H and O–H groups in total. The van der Waals surface area contributed by atoms with Crippen molar-refractivity contribution >= 4 is 11.7 Å². The second kappa shape index (κ2) is 5.83. The zero-order valence-corrected chi connectivity index (χ0v) is 11.0. The molecular weight excluding hydrogens is 246 g/mol. The number of nitrogens with two attached hydrogens (primary N) is 1. The molecule has 0 radical (unpaired) electrons. The van der Waals surface area contributed by atoms with Gasteiger partial charge in [0.1, 0.15) is 11.9 Å². The molecule has 0 saturated carbocycles. The first-order chi connectivity index (χ1) is 9.13. The summed E-state index contributed by atoms with van der Waals surface area (Å²) in [6.45, 7) is 4.12. The maximum atomic E-state index is 12.3. The van der Waals surface area contributed by atoms with Crippen LogP contribution in [0.25, 0.3) is 0 Å². The predicted octanol–water partition coefficient (Wildman–Crippen LogP) is -0.206. The van der Waals surface area contributed by atoms with E-state index in [0.29, 0.717) is 32.1 Å². The van der Waals surface area contributed by atoms with Crippen molar-refractivity contribution in [3.63, 3.8) is 0 Å². The molecule has 0 spiro atoms. The molecule has 1 aromatic heterocycles. The van der Waals surface area contributed by atoms with Crippen molar-refractivity contribution in [1.82, 2.24) is 9.55 Å². The Morgan fingerprint density at radius 2 is 2.47 bits per heavy atom. The lowest BCUT2D eigenvalue weighted by molar-refractivity contribution is 0.0822. The fraction of sp³-hybridized carbons (Fsp3) is 0.583. The highest BCUT2D eigenvalue weighted by molar-refractivity contribution is 5.82. The maximum absolute atomic E-state index is 12.3. The van der Waals surface area contributed by atoms with Crippen LogP contribution >= 0.6 is 0 Å². The molecule has 104 valence electrons. The molecule has 2 rings (SSSR count). The predicted molar refractivity (Wildman–Crippen MR) is 72.7 cm³/mol. The van der Waals surface area contributed by atoms with Crippen LogP contribution in [0.4, 0.5) is 5.82 Å². The summed E-state index contributed by atoms with van der Waals surface area (Å²) in [5, 5.41) is 7.43. The van der Waals surface area contributed by atoms with E-state index >= 15 is 0 Å². The number of rotatable bonds is 4. The molecular formula is C12H19N5O2. The Balaban J connectivity index is 2.24. The van der Waals surface area contributed by atoms with Gasteiger partial charge in [-0.05, 0) is 6.42 Å². The Kier molecular flexibility index (Phi) is 4.16. The molecule has 0 aromatic carbocycles. The molecule has 0 amide bonds. The Morgan fingerprint density at radius 1 is 1.68 bits per heavy atom. The van der Waals surface area contributed by atoms with E-state index in [1.807, 2.05) is 11.8 Å². The van der Waals surface area contributed by atoms with Gasteiger partial charge in [-0.1, -0.05) is 6.92 Å². The molecule has 19 heavy (non-hydrogen) atoms. The fourth-order valence-electron chi connectivity index (χ4n) is 2.10. The number of ether oxygens (including phenoxy) is 1. The molecule has 0 aliphatic carbocycles. The summed E-state index contributed by atoms with van der Waals surface area (Å²) >= 11 is 0. The van der Waals surface area contributed by atoms with Gasteiger partial charge in [-0.15, -0.1) is 0 Å². The summed E-state index contributed by atoms with van der Waals surface area (Å²) in [6.07, 6.45) is 3.75. The molecule has 7 heteroatoms. The molecule has 1 aliphatic rings. The minimum Gasteiger partial charge on any atom is -0.385 e. The lowest BCUT2D eigenvalue weighted by Gasteiger charge is -2.32. The van der Waals surface area contributed by atoms with Gasteiger partial charge in [-0.25, -0.2) is 4.98 Å². The number of nitrogens with one attached hydrogen (secondary N) is 1. The summed E-state index contributed by atoms with van der Waals surface area (Å²) in [5.41, 5.74) is 5.35. The van der Waals surface area contributed by atoms with Crippen LogP contribution in [0.5, 0.6) is 0 Å². The third-order valence-electron chi connectivity index (χ3n) is 3.07. The van der Waals surface area contributed by atoms with E-state index in [1.54, 1.807) is 17.0 Å². The van der Waals surface area contributed by atoms with Crippen molar-refractivity contribution in [2.45, 2.75) is 26.0 Å². The Bertz CT molecular complexity index is 513. The molecule has 1 unspecified atom stereocenters. The Labute approximate surface area is 111 Å². The SMILES string of the molecule is CCCn1ccnc(N2CCOC(C(=N)N)C2)c1=O. The quantitative estimate of drug-likeness (QED) is 0.580. The van der Waals surface area contributed by atoms with Crippen LogP contribution in [0.2, 0.25) is 0 Å². The topological polar surface area (TPSA) is 97.2 Å². The Morgan fingerprint density at radius 3 is 3.16 bits per heavy atom. The lowest BCUT2D eigenvalue weighted by Crippen LogP contribution is -2.50. The largest absolute Gasteiger partial charge is 0.385 e. The van der Waals surface area contributed by atoms with Crippen LogP contribution in [0, 0.1) is 5.41 Å². The van der Waals surface area contributed by atoms with E-state index in [4.69, 9.17) is 15.9 Å². The molecule has 7 nitrogen and oxygen atoms in total. The van der Waals surface area contributed by atoms with Gasteiger partial charge in [-0.3, -0.25) is 10.2 Å². The van der Waals surface area contributed by atoms with Crippen LogP contribution in [-0.2, 0) is 11.3 Å². The standard InChI is InChI=1S/C12H19N5O2/c1-2-4-16-5-3-15-11(12(16)18)17-6-7-19-9(8-17)10(13)14/h3,5,9H,2,4,6-8H2,1H3,(H3,13,14). The van der Waals surface area contributed by atoms with E-state index < -0.39 is 6.10 Å².